The van der Waals surface area contributed by atoms with Gasteiger partial charge >= 0.3 is 0 Å². The van der Waals surface area contributed by atoms with Crippen LogP contribution >= 0.6 is 0 Å². The molecule has 1 amide bonds. The number of aromatic nitrogens is 5. The van der Waals surface area contributed by atoms with E-state index in [2.05, 4.69) is 15.5 Å². The van der Waals surface area contributed by atoms with E-state index in [1.165, 1.54) is 21.4 Å². The van der Waals surface area contributed by atoms with E-state index in [1.807, 2.05) is 19.9 Å². The molecule has 27 heavy (non-hydrogen) atoms. The summed E-state index contributed by atoms with van der Waals surface area (Å²) in [6.45, 7) is 4.11. The Morgan fingerprint density at radius 1 is 1.15 bits per heavy atom. The molecule has 0 unspecified atom stereocenters. The summed E-state index contributed by atoms with van der Waals surface area (Å²) in [5.74, 6) is 0.0300. The summed E-state index contributed by atoms with van der Waals surface area (Å²) in [6, 6.07) is 8.02. The second kappa shape index (κ2) is 7.40. The van der Waals surface area contributed by atoms with Crippen LogP contribution in [0.25, 0.3) is 5.82 Å². The Hall–Kier alpha value is -3.49. The fourth-order valence-corrected chi connectivity index (χ4v) is 2.71. The van der Waals surface area contributed by atoms with Crippen LogP contribution in [0.4, 0.5) is 0 Å². The summed E-state index contributed by atoms with van der Waals surface area (Å²) in [5, 5.41) is 11.3. The number of aryl methyl sites for hydroxylation is 3. The molecule has 0 radical (unpaired) electrons. The predicted octanol–water partition coefficient (Wildman–Crippen LogP) is 0.175. The molecule has 1 N–H and O–H groups in total. The molecule has 0 saturated carbocycles. The first-order valence-corrected chi connectivity index (χ1v) is 8.42. The molecule has 140 valence electrons. The molecule has 0 bridgehead atoms. The van der Waals surface area contributed by atoms with Crippen molar-refractivity contribution in [1.82, 2.24) is 29.4 Å². The molecule has 0 aliphatic rings. The largest absolute Gasteiger partial charge is 0.350 e. The first kappa shape index (κ1) is 18.3. The lowest BCUT2D eigenvalue weighted by atomic mass is 10.2. The maximum atomic E-state index is 12.2. The SMILES string of the molecule is Cc1cc(C)n(-c2ccc(=O)n(CCNC(=O)c3cccn(C)c3=O)n2)n1. The lowest BCUT2D eigenvalue weighted by molar-refractivity contribution is 0.0949. The molecule has 0 atom stereocenters. The van der Waals surface area contributed by atoms with E-state index in [0.717, 1.165) is 11.4 Å². The van der Waals surface area contributed by atoms with Gasteiger partial charge in [0, 0.05) is 31.5 Å². The smallest absolute Gasteiger partial charge is 0.266 e. The average molecular weight is 368 g/mol. The van der Waals surface area contributed by atoms with Crippen LogP contribution in [0.15, 0.2) is 46.1 Å². The van der Waals surface area contributed by atoms with Crippen LogP contribution in [0, 0.1) is 13.8 Å². The Balaban J connectivity index is 1.73. The minimum atomic E-state index is -0.487. The van der Waals surface area contributed by atoms with Gasteiger partial charge in [-0.2, -0.15) is 5.10 Å². The van der Waals surface area contributed by atoms with Crippen molar-refractivity contribution in [3.8, 4) is 5.82 Å². The van der Waals surface area contributed by atoms with Crippen molar-refractivity contribution < 1.29 is 4.79 Å². The third kappa shape index (κ3) is 3.86. The Bertz CT molecular complexity index is 1110. The van der Waals surface area contributed by atoms with Gasteiger partial charge in [0.1, 0.15) is 5.56 Å². The maximum Gasteiger partial charge on any atom is 0.266 e. The highest BCUT2D eigenvalue weighted by Gasteiger charge is 2.11. The average Bonchev–Trinajstić information content (AvgIpc) is 2.97. The first-order chi connectivity index (χ1) is 12.9. The van der Waals surface area contributed by atoms with Gasteiger partial charge in [0.05, 0.1) is 12.2 Å². The normalized spacial score (nSPS) is 10.8. The lowest BCUT2D eigenvalue weighted by Gasteiger charge is -2.09. The van der Waals surface area contributed by atoms with Gasteiger partial charge in [0.15, 0.2) is 5.82 Å². The molecule has 0 saturated heterocycles. The Labute approximate surface area is 154 Å². The number of hydrogen-bond acceptors (Lipinski definition) is 5. The predicted molar refractivity (Wildman–Crippen MR) is 99.1 cm³/mol. The van der Waals surface area contributed by atoms with Crippen LogP contribution < -0.4 is 16.4 Å². The van der Waals surface area contributed by atoms with Gasteiger partial charge in [-0.25, -0.2) is 9.36 Å². The van der Waals surface area contributed by atoms with Crippen LogP contribution in [0.3, 0.4) is 0 Å². The summed E-state index contributed by atoms with van der Waals surface area (Å²) < 4.78 is 4.24. The molecule has 3 heterocycles. The third-order valence-electron chi connectivity index (χ3n) is 4.06. The number of carbonyl (C=O) groups excluding carboxylic acids is 1. The van der Waals surface area contributed by atoms with Crippen molar-refractivity contribution in [2.75, 3.05) is 6.54 Å². The monoisotopic (exact) mass is 368 g/mol. The number of carbonyl (C=O) groups is 1. The van der Waals surface area contributed by atoms with Crippen molar-refractivity contribution in [3.05, 3.63) is 74.2 Å². The van der Waals surface area contributed by atoms with Gasteiger partial charge in [-0.15, -0.1) is 5.10 Å². The number of pyridine rings is 1. The molecule has 0 aliphatic heterocycles. The van der Waals surface area contributed by atoms with E-state index in [0.29, 0.717) is 5.82 Å². The Morgan fingerprint density at radius 3 is 2.63 bits per heavy atom. The zero-order valence-corrected chi connectivity index (χ0v) is 15.3. The first-order valence-electron chi connectivity index (χ1n) is 8.42. The molecule has 0 aromatic carbocycles. The quantitative estimate of drug-likeness (QED) is 0.692. The number of hydrogen-bond donors (Lipinski definition) is 1. The second-order valence-electron chi connectivity index (χ2n) is 6.19. The van der Waals surface area contributed by atoms with E-state index < -0.39 is 5.91 Å². The van der Waals surface area contributed by atoms with Crippen molar-refractivity contribution >= 4 is 5.91 Å². The minimum Gasteiger partial charge on any atom is -0.350 e. The van der Waals surface area contributed by atoms with Gasteiger partial charge in [0.25, 0.3) is 17.0 Å². The van der Waals surface area contributed by atoms with Gasteiger partial charge in [-0.05, 0) is 38.1 Å². The van der Waals surface area contributed by atoms with Crippen molar-refractivity contribution in [3.63, 3.8) is 0 Å². The van der Waals surface area contributed by atoms with E-state index in [9.17, 15) is 14.4 Å². The summed E-state index contributed by atoms with van der Waals surface area (Å²) in [5.41, 5.74) is 1.14. The molecule has 3 aromatic heterocycles. The minimum absolute atomic E-state index is 0.0525. The molecule has 9 nitrogen and oxygen atoms in total. The number of amides is 1. The Kier molecular flexibility index (Phi) is 5.02. The third-order valence-corrected chi connectivity index (χ3v) is 4.06. The number of nitrogens with one attached hydrogen (secondary N) is 1. The molecule has 0 spiro atoms. The summed E-state index contributed by atoms with van der Waals surface area (Å²) in [6.07, 6.45) is 1.58. The highest BCUT2D eigenvalue weighted by molar-refractivity contribution is 5.93. The van der Waals surface area contributed by atoms with E-state index in [1.54, 1.807) is 30.1 Å². The molecule has 9 heteroatoms. The van der Waals surface area contributed by atoms with Gasteiger partial charge < -0.3 is 9.88 Å². The number of rotatable bonds is 5. The maximum absolute atomic E-state index is 12.2. The van der Waals surface area contributed by atoms with E-state index in [-0.39, 0.29) is 29.8 Å². The molecular formula is C18H20N6O3. The van der Waals surface area contributed by atoms with Crippen molar-refractivity contribution in [2.45, 2.75) is 20.4 Å². The standard InChI is InChI=1S/C18H20N6O3/c1-12-11-13(2)24(20-12)15-6-7-16(25)23(21-15)10-8-19-17(26)14-5-4-9-22(3)18(14)27/h4-7,9,11H,8,10H2,1-3H3,(H,19,26). The summed E-state index contributed by atoms with van der Waals surface area (Å²) in [7, 11) is 1.58. The molecule has 3 rings (SSSR count). The number of nitrogens with zero attached hydrogens (tertiary/aromatic N) is 5. The van der Waals surface area contributed by atoms with Crippen LogP contribution in [0.1, 0.15) is 21.7 Å². The topological polar surface area (TPSA) is 104 Å². The molecule has 0 fully saturated rings. The van der Waals surface area contributed by atoms with E-state index in [4.69, 9.17) is 0 Å². The van der Waals surface area contributed by atoms with Gasteiger partial charge in [-0.3, -0.25) is 14.4 Å². The van der Waals surface area contributed by atoms with Crippen molar-refractivity contribution in [2.24, 2.45) is 7.05 Å². The summed E-state index contributed by atoms with van der Waals surface area (Å²) in [4.78, 5) is 36.2. The second-order valence-corrected chi connectivity index (χ2v) is 6.19. The highest BCUT2D eigenvalue weighted by Crippen LogP contribution is 2.07. The zero-order chi connectivity index (χ0) is 19.6. The highest BCUT2D eigenvalue weighted by atomic mass is 16.2. The van der Waals surface area contributed by atoms with Gasteiger partial charge in [-0.1, -0.05) is 0 Å². The fraction of sp³-hybridized carbons (Fsp3) is 0.278. The van der Waals surface area contributed by atoms with E-state index >= 15 is 0 Å². The van der Waals surface area contributed by atoms with Crippen LogP contribution in [-0.4, -0.2) is 36.6 Å². The van der Waals surface area contributed by atoms with Crippen LogP contribution in [0.5, 0.6) is 0 Å². The zero-order valence-electron chi connectivity index (χ0n) is 15.3. The fourth-order valence-electron chi connectivity index (χ4n) is 2.71. The lowest BCUT2D eigenvalue weighted by Crippen LogP contribution is -2.35. The van der Waals surface area contributed by atoms with Crippen LogP contribution in [-0.2, 0) is 13.6 Å². The molecule has 3 aromatic rings. The van der Waals surface area contributed by atoms with Crippen molar-refractivity contribution in [1.29, 1.82) is 0 Å². The molecular weight excluding hydrogens is 348 g/mol. The molecule has 0 aliphatic carbocycles. The van der Waals surface area contributed by atoms with Crippen LogP contribution in [0.2, 0.25) is 0 Å². The van der Waals surface area contributed by atoms with Gasteiger partial charge in [0.2, 0.25) is 0 Å². The Morgan fingerprint density at radius 2 is 1.93 bits per heavy atom. The summed E-state index contributed by atoms with van der Waals surface area (Å²) >= 11 is 0.